The third kappa shape index (κ3) is 2.64. The highest BCUT2D eigenvalue weighted by Crippen LogP contribution is 2.42. The van der Waals surface area contributed by atoms with E-state index >= 15 is 0 Å². The van der Waals surface area contributed by atoms with Gasteiger partial charge in [0.1, 0.15) is 16.4 Å². The smallest absolute Gasteiger partial charge is 0.341 e. The zero-order chi connectivity index (χ0) is 19.6. The van der Waals surface area contributed by atoms with E-state index in [-0.39, 0.29) is 23.0 Å². The molecule has 1 saturated carbocycles. The van der Waals surface area contributed by atoms with E-state index in [9.17, 15) is 14.7 Å². The average Bonchev–Trinajstić information content (AvgIpc) is 3.41. The number of carboxylic acids is 1. The van der Waals surface area contributed by atoms with Crippen molar-refractivity contribution in [2.75, 3.05) is 18.0 Å². The molecule has 146 valence electrons. The van der Waals surface area contributed by atoms with Crippen molar-refractivity contribution in [3.05, 3.63) is 45.4 Å². The van der Waals surface area contributed by atoms with Gasteiger partial charge in [0.05, 0.1) is 10.9 Å². The minimum atomic E-state index is -1.23. The van der Waals surface area contributed by atoms with Crippen LogP contribution in [-0.4, -0.2) is 39.8 Å². The molecule has 5 rings (SSSR count). The molecule has 8 heteroatoms. The van der Waals surface area contributed by atoms with E-state index in [0.29, 0.717) is 28.2 Å². The summed E-state index contributed by atoms with van der Waals surface area (Å²) in [5, 5.41) is 10.1. The van der Waals surface area contributed by atoms with Gasteiger partial charge in [0.25, 0.3) is 0 Å². The summed E-state index contributed by atoms with van der Waals surface area (Å²) in [5.41, 5.74) is 6.06. The third-order valence-corrected chi connectivity index (χ3v) is 6.59. The van der Waals surface area contributed by atoms with Gasteiger partial charge in [-0.25, -0.2) is 9.78 Å². The van der Waals surface area contributed by atoms with Crippen LogP contribution in [0.1, 0.15) is 35.7 Å². The molecular weight excluding hydrogens is 380 g/mol. The van der Waals surface area contributed by atoms with Gasteiger partial charge in [0.15, 0.2) is 0 Å². The predicted octanol–water partition coefficient (Wildman–Crippen LogP) is 2.42. The van der Waals surface area contributed by atoms with Crippen molar-refractivity contribution in [1.82, 2.24) is 9.55 Å². The van der Waals surface area contributed by atoms with Crippen molar-refractivity contribution < 1.29 is 9.90 Å². The topological polar surface area (TPSA) is 101 Å². The lowest BCUT2D eigenvalue weighted by molar-refractivity contribution is 0.0695. The van der Waals surface area contributed by atoms with Crippen LogP contribution in [0.3, 0.4) is 0 Å². The largest absolute Gasteiger partial charge is 0.477 e. The molecule has 7 nitrogen and oxygen atoms in total. The minimum absolute atomic E-state index is 0.0331. The molecule has 3 N–H and O–H groups in total. The van der Waals surface area contributed by atoms with Crippen molar-refractivity contribution >= 4 is 34.3 Å². The molecule has 28 heavy (non-hydrogen) atoms. The van der Waals surface area contributed by atoms with Gasteiger partial charge in [0.2, 0.25) is 5.43 Å². The van der Waals surface area contributed by atoms with Crippen molar-refractivity contribution in [1.29, 1.82) is 0 Å². The molecule has 0 aromatic carbocycles. The molecule has 0 radical (unpaired) electrons. The Morgan fingerprint density at radius 1 is 1.32 bits per heavy atom. The average molecular weight is 401 g/mol. The Kier molecular flexibility index (Phi) is 4.00. The van der Waals surface area contributed by atoms with Crippen LogP contribution in [0.25, 0.3) is 10.9 Å². The maximum absolute atomic E-state index is 12.7. The maximum atomic E-state index is 12.7. The lowest BCUT2D eigenvalue weighted by atomic mass is 9.83. The third-order valence-electron chi connectivity index (χ3n) is 6.24. The molecule has 2 aromatic heterocycles. The summed E-state index contributed by atoms with van der Waals surface area (Å²) in [5.74, 6) is 0.242. The van der Waals surface area contributed by atoms with E-state index in [1.54, 1.807) is 0 Å². The van der Waals surface area contributed by atoms with Gasteiger partial charge in [-0.2, -0.15) is 0 Å². The number of fused-ring (bicyclic) bond motifs is 2. The Morgan fingerprint density at radius 3 is 2.79 bits per heavy atom. The van der Waals surface area contributed by atoms with E-state index in [1.165, 1.54) is 12.4 Å². The zero-order valence-corrected chi connectivity index (χ0v) is 16.0. The fourth-order valence-corrected chi connectivity index (χ4v) is 4.98. The molecule has 0 amide bonds. The van der Waals surface area contributed by atoms with Crippen LogP contribution < -0.4 is 16.1 Å². The fourth-order valence-electron chi connectivity index (χ4n) is 4.62. The van der Waals surface area contributed by atoms with Crippen molar-refractivity contribution in [3.8, 4) is 0 Å². The molecule has 0 unspecified atom stereocenters. The summed E-state index contributed by atoms with van der Waals surface area (Å²) in [6.07, 6.45) is 10.0. The Morgan fingerprint density at radius 2 is 2.11 bits per heavy atom. The van der Waals surface area contributed by atoms with Crippen LogP contribution in [0.2, 0.25) is 5.02 Å². The van der Waals surface area contributed by atoms with Gasteiger partial charge in [-0.05, 0) is 31.1 Å². The number of nitrogens with zero attached hydrogens (tertiary/aromatic N) is 3. The second-order valence-electron chi connectivity index (χ2n) is 8.04. The lowest BCUT2D eigenvalue weighted by Crippen LogP contribution is -2.35. The van der Waals surface area contributed by atoms with Gasteiger partial charge >= 0.3 is 5.97 Å². The standard InChI is InChI=1S/C20H21ClN4O3/c21-16-17-12(18(26)14(20(27)28)9-25(17)11-4-5-11)6-23-19(16)24-7-10-2-1-3-15(22)13(10)8-24/h1,3,6,9-11,13,15H,2,4-5,7-8,22H2,(H,27,28)/t10-,13+,15-/m1/s1. The normalized spacial score (nSPS) is 26.6. The number of allylic oxidation sites excluding steroid dienone is 1. The summed E-state index contributed by atoms with van der Waals surface area (Å²) in [7, 11) is 0. The van der Waals surface area contributed by atoms with Crippen molar-refractivity contribution in [3.63, 3.8) is 0 Å². The Bertz CT molecular complexity index is 1080. The van der Waals surface area contributed by atoms with E-state index in [4.69, 9.17) is 17.3 Å². The van der Waals surface area contributed by atoms with Gasteiger partial charge in [-0.15, -0.1) is 0 Å². The molecule has 3 atom stereocenters. The second kappa shape index (κ2) is 6.32. The van der Waals surface area contributed by atoms with Gasteiger partial charge in [0, 0.05) is 37.6 Å². The molecule has 1 saturated heterocycles. The van der Waals surface area contributed by atoms with Crippen LogP contribution in [0.4, 0.5) is 5.82 Å². The van der Waals surface area contributed by atoms with E-state index in [0.717, 1.165) is 32.4 Å². The highest BCUT2D eigenvalue weighted by Gasteiger charge is 2.38. The molecular formula is C20H21ClN4O3. The van der Waals surface area contributed by atoms with E-state index < -0.39 is 11.4 Å². The highest BCUT2D eigenvalue weighted by atomic mass is 35.5. The first-order valence-electron chi connectivity index (χ1n) is 9.59. The monoisotopic (exact) mass is 400 g/mol. The van der Waals surface area contributed by atoms with Gasteiger partial charge in [-0.1, -0.05) is 23.8 Å². The van der Waals surface area contributed by atoms with Crippen LogP contribution in [0.15, 0.2) is 29.3 Å². The number of halogens is 1. The minimum Gasteiger partial charge on any atom is -0.477 e. The number of nitrogens with two attached hydrogens (primary N) is 1. The fraction of sp³-hybridized carbons (Fsp3) is 0.450. The number of hydrogen-bond acceptors (Lipinski definition) is 5. The van der Waals surface area contributed by atoms with Gasteiger partial charge in [-0.3, -0.25) is 4.79 Å². The van der Waals surface area contributed by atoms with Crippen LogP contribution in [0.5, 0.6) is 0 Å². The number of aromatic carboxylic acids is 1. The number of carbonyl (C=O) groups is 1. The number of hydrogen-bond donors (Lipinski definition) is 2. The SMILES string of the molecule is N[C@@H]1C=CC[C@@H]2CN(c3ncc4c(=O)c(C(=O)O)cn(C5CC5)c4c3Cl)C[C@@H]21. The molecule has 2 aliphatic carbocycles. The maximum Gasteiger partial charge on any atom is 0.341 e. The summed E-state index contributed by atoms with van der Waals surface area (Å²) < 4.78 is 1.85. The molecule has 0 spiro atoms. The first-order chi connectivity index (χ1) is 13.5. The molecule has 3 heterocycles. The molecule has 3 aliphatic rings. The summed E-state index contributed by atoms with van der Waals surface area (Å²) in [6.45, 7) is 1.59. The van der Waals surface area contributed by atoms with Crippen LogP contribution in [-0.2, 0) is 0 Å². The quantitative estimate of drug-likeness (QED) is 0.767. The van der Waals surface area contributed by atoms with Gasteiger partial charge < -0.3 is 20.3 Å². The first-order valence-corrected chi connectivity index (χ1v) is 9.97. The lowest BCUT2D eigenvalue weighted by Gasteiger charge is -2.25. The van der Waals surface area contributed by atoms with Crippen LogP contribution in [0, 0.1) is 11.8 Å². The van der Waals surface area contributed by atoms with Crippen molar-refractivity contribution in [2.24, 2.45) is 17.6 Å². The summed E-state index contributed by atoms with van der Waals surface area (Å²) >= 11 is 6.78. The summed E-state index contributed by atoms with van der Waals surface area (Å²) in [4.78, 5) is 30.8. The first kappa shape index (κ1) is 17.7. The Balaban J connectivity index is 1.64. The Labute approximate surface area is 166 Å². The molecule has 2 aromatic rings. The molecule has 1 aliphatic heterocycles. The zero-order valence-electron chi connectivity index (χ0n) is 15.2. The number of pyridine rings is 2. The van der Waals surface area contributed by atoms with E-state index in [1.807, 2.05) is 4.57 Å². The van der Waals surface area contributed by atoms with Crippen molar-refractivity contribution in [2.45, 2.75) is 31.3 Å². The molecule has 0 bridgehead atoms. The molecule has 2 fully saturated rings. The van der Waals surface area contributed by atoms with Crippen LogP contribution >= 0.6 is 11.6 Å². The second-order valence-corrected chi connectivity index (χ2v) is 8.42. The number of anilines is 1. The summed E-state index contributed by atoms with van der Waals surface area (Å²) in [6, 6.07) is 0.207. The number of carboxylic acid groups (broad SMARTS) is 1. The Hall–Kier alpha value is -2.38. The highest BCUT2D eigenvalue weighted by molar-refractivity contribution is 6.37. The number of aromatic nitrogens is 2. The van der Waals surface area contributed by atoms with E-state index in [2.05, 4.69) is 22.0 Å². The number of rotatable bonds is 3. The predicted molar refractivity (Wildman–Crippen MR) is 107 cm³/mol.